The van der Waals surface area contributed by atoms with Gasteiger partial charge in [0.15, 0.2) is 5.78 Å². The van der Waals surface area contributed by atoms with Gasteiger partial charge in [0, 0.05) is 23.4 Å². The van der Waals surface area contributed by atoms with Crippen LogP contribution in [0.1, 0.15) is 33.0 Å². The van der Waals surface area contributed by atoms with E-state index in [0.717, 1.165) is 16.1 Å². The molecule has 3 aromatic rings. The number of benzene rings is 1. The van der Waals surface area contributed by atoms with Crippen molar-refractivity contribution in [2.75, 3.05) is 5.32 Å². The summed E-state index contributed by atoms with van der Waals surface area (Å²) in [4.78, 5) is 26.0. The van der Waals surface area contributed by atoms with Gasteiger partial charge in [0.25, 0.3) is 0 Å². The third-order valence-electron chi connectivity index (χ3n) is 3.68. The summed E-state index contributed by atoms with van der Waals surface area (Å²) in [5, 5.41) is 13.9. The van der Waals surface area contributed by atoms with Gasteiger partial charge >= 0.3 is 0 Å². The van der Waals surface area contributed by atoms with Crippen LogP contribution in [0.3, 0.4) is 0 Å². The molecule has 0 saturated heterocycles. The Balaban J connectivity index is 1.61. The monoisotopic (exact) mass is 355 g/mol. The van der Waals surface area contributed by atoms with E-state index >= 15 is 0 Å². The highest BCUT2D eigenvalue weighted by molar-refractivity contribution is 7.14. The lowest BCUT2D eigenvalue weighted by atomic mass is 10.1. The average Bonchev–Trinajstić information content (AvgIpc) is 3.26. The van der Waals surface area contributed by atoms with E-state index in [9.17, 15) is 9.59 Å². The summed E-state index contributed by atoms with van der Waals surface area (Å²) in [6, 6.07) is 9.20. The number of hydrogen-bond acceptors (Lipinski definition) is 6. The van der Waals surface area contributed by atoms with Gasteiger partial charge in [0.05, 0.1) is 10.6 Å². The quantitative estimate of drug-likeness (QED) is 0.687. The number of carbonyl (C=O) groups is 2. The van der Waals surface area contributed by atoms with E-state index in [1.807, 2.05) is 32.0 Å². The zero-order valence-electron chi connectivity index (χ0n) is 13.9. The summed E-state index contributed by atoms with van der Waals surface area (Å²) < 4.78 is 1.54. The second kappa shape index (κ2) is 7.35. The Hall–Kier alpha value is -2.87. The number of nitrogens with one attached hydrogen (secondary N) is 1. The Bertz CT molecular complexity index is 902. The third kappa shape index (κ3) is 4.16. The SMILES string of the molecule is Cc1ccc(C(=O)CCC(=O)Nc2ccc(C)c(-n3cnnn3)c2)s1. The highest BCUT2D eigenvalue weighted by atomic mass is 32.1. The first kappa shape index (κ1) is 17.0. The van der Waals surface area contributed by atoms with E-state index in [4.69, 9.17) is 0 Å². The number of aryl methyl sites for hydroxylation is 2. The maximum Gasteiger partial charge on any atom is 0.224 e. The van der Waals surface area contributed by atoms with Crippen LogP contribution >= 0.6 is 11.3 Å². The second-order valence-electron chi connectivity index (χ2n) is 5.64. The Morgan fingerprint density at radius 2 is 2.00 bits per heavy atom. The van der Waals surface area contributed by atoms with E-state index in [-0.39, 0.29) is 24.5 Å². The van der Waals surface area contributed by atoms with Crippen molar-refractivity contribution in [2.24, 2.45) is 0 Å². The molecule has 0 radical (unpaired) electrons. The van der Waals surface area contributed by atoms with Crippen LogP contribution in [0, 0.1) is 13.8 Å². The first-order chi connectivity index (χ1) is 12.0. The molecule has 8 heteroatoms. The molecule has 128 valence electrons. The van der Waals surface area contributed by atoms with Crippen molar-refractivity contribution in [1.82, 2.24) is 20.2 Å². The molecular formula is C17H17N5O2S. The number of rotatable bonds is 6. The molecule has 1 amide bonds. The molecule has 0 spiro atoms. The number of tetrazole rings is 1. The zero-order valence-corrected chi connectivity index (χ0v) is 14.7. The second-order valence-corrected chi connectivity index (χ2v) is 6.93. The molecule has 0 aliphatic carbocycles. The number of nitrogens with zero attached hydrogens (tertiary/aromatic N) is 4. The van der Waals surface area contributed by atoms with Crippen molar-refractivity contribution in [3.05, 3.63) is 52.0 Å². The van der Waals surface area contributed by atoms with Crippen LogP contribution in [0.5, 0.6) is 0 Å². The minimum absolute atomic E-state index is 0.00784. The normalized spacial score (nSPS) is 10.6. The number of thiophene rings is 1. The number of hydrogen-bond donors (Lipinski definition) is 1. The van der Waals surface area contributed by atoms with Crippen LogP contribution in [-0.2, 0) is 4.79 Å². The molecule has 0 atom stereocenters. The summed E-state index contributed by atoms with van der Waals surface area (Å²) in [6.07, 6.45) is 1.83. The van der Waals surface area contributed by atoms with Gasteiger partial charge in [-0.3, -0.25) is 9.59 Å². The van der Waals surface area contributed by atoms with Crippen molar-refractivity contribution < 1.29 is 9.59 Å². The van der Waals surface area contributed by atoms with Gasteiger partial charge in [-0.15, -0.1) is 16.4 Å². The lowest BCUT2D eigenvalue weighted by Gasteiger charge is -2.09. The smallest absolute Gasteiger partial charge is 0.224 e. The van der Waals surface area contributed by atoms with Crippen molar-refractivity contribution in [1.29, 1.82) is 0 Å². The summed E-state index contributed by atoms with van der Waals surface area (Å²) in [7, 11) is 0. The molecule has 25 heavy (non-hydrogen) atoms. The molecule has 0 fully saturated rings. The van der Waals surface area contributed by atoms with E-state index in [2.05, 4.69) is 20.8 Å². The van der Waals surface area contributed by atoms with Crippen LogP contribution < -0.4 is 5.32 Å². The molecule has 2 aromatic heterocycles. The predicted molar refractivity (Wildman–Crippen MR) is 95.1 cm³/mol. The van der Waals surface area contributed by atoms with Crippen LogP contribution in [0.15, 0.2) is 36.7 Å². The molecule has 0 aliphatic heterocycles. The van der Waals surface area contributed by atoms with Crippen molar-refractivity contribution in [2.45, 2.75) is 26.7 Å². The third-order valence-corrected chi connectivity index (χ3v) is 4.72. The number of aromatic nitrogens is 4. The molecule has 2 heterocycles. The molecule has 7 nitrogen and oxygen atoms in total. The Morgan fingerprint density at radius 1 is 1.16 bits per heavy atom. The van der Waals surface area contributed by atoms with E-state index in [0.29, 0.717) is 10.6 Å². The summed E-state index contributed by atoms with van der Waals surface area (Å²) in [5.41, 5.74) is 2.40. The molecule has 0 aliphatic rings. The summed E-state index contributed by atoms with van der Waals surface area (Å²) >= 11 is 1.45. The van der Waals surface area contributed by atoms with Crippen molar-refractivity contribution >= 4 is 28.7 Å². The fraction of sp³-hybridized carbons (Fsp3) is 0.235. The Kier molecular flexibility index (Phi) is 4.99. The molecule has 3 rings (SSSR count). The highest BCUT2D eigenvalue weighted by Gasteiger charge is 2.12. The molecule has 0 bridgehead atoms. The number of anilines is 1. The minimum atomic E-state index is -0.201. The first-order valence-corrected chi connectivity index (χ1v) is 8.58. The van der Waals surface area contributed by atoms with Crippen molar-refractivity contribution in [3.63, 3.8) is 0 Å². The van der Waals surface area contributed by atoms with Crippen LogP contribution in [0.2, 0.25) is 0 Å². The predicted octanol–water partition coefficient (Wildman–Crippen LogP) is 2.94. The van der Waals surface area contributed by atoms with Gasteiger partial charge in [-0.25, -0.2) is 4.68 Å². The maximum atomic E-state index is 12.1. The maximum absolute atomic E-state index is 12.1. The first-order valence-electron chi connectivity index (χ1n) is 7.76. The minimum Gasteiger partial charge on any atom is -0.326 e. The lowest BCUT2D eigenvalue weighted by Crippen LogP contribution is -2.13. The van der Waals surface area contributed by atoms with Crippen LogP contribution in [0.25, 0.3) is 5.69 Å². The van der Waals surface area contributed by atoms with Gasteiger partial charge in [-0.2, -0.15) is 0 Å². The van der Waals surface area contributed by atoms with Crippen molar-refractivity contribution in [3.8, 4) is 5.69 Å². The number of ketones is 1. The number of amides is 1. The van der Waals surface area contributed by atoms with Gasteiger partial charge in [0.1, 0.15) is 6.33 Å². The van der Waals surface area contributed by atoms with Gasteiger partial charge in [-0.1, -0.05) is 6.07 Å². The van der Waals surface area contributed by atoms with Crippen LogP contribution in [-0.4, -0.2) is 31.9 Å². The molecule has 1 N–H and O–H groups in total. The number of Topliss-reactive ketones (excluding diaryl/α,β-unsaturated/α-hetero) is 1. The van der Waals surface area contributed by atoms with E-state index in [1.165, 1.54) is 22.3 Å². The average molecular weight is 355 g/mol. The van der Waals surface area contributed by atoms with E-state index in [1.54, 1.807) is 12.1 Å². The lowest BCUT2D eigenvalue weighted by molar-refractivity contribution is -0.116. The fourth-order valence-corrected chi connectivity index (χ4v) is 3.20. The molecular weight excluding hydrogens is 338 g/mol. The van der Waals surface area contributed by atoms with Gasteiger partial charge in [-0.05, 0) is 54.1 Å². The van der Waals surface area contributed by atoms with Crippen LogP contribution in [0.4, 0.5) is 5.69 Å². The van der Waals surface area contributed by atoms with Gasteiger partial charge in [0.2, 0.25) is 5.91 Å². The molecule has 0 saturated carbocycles. The summed E-state index contributed by atoms with van der Waals surface area (Å²) in [6.45, 7) is 3.89. The topological polar surface area (TPSA) is 89.8 Å². The standard InChI is InChI=1S/C17H17N5O2S/c1-11-3-5-13(9-14(11)22-10-18-20-21-22)19-17(24)8-6-15(23)16-7-4-12(2)25-16/h3-5,7,9-10H,6,8H2,1-2H3,(H,19,24). The van der Waals surface area contributed by atoms with Gasteiger partial charge < -0.3 is 5.32 Å². The molecule has 0 unspecified atom stereocenters. The Morgan fingerprint density at radius 3 is 2.68 bits per heavy atom. The molecule has 1 aromatic carbocycles. The summed E-state index contributed by atoms with van der Waals surface area (Å²) in [5.74, 6) is -0.209. The highest BCUT2D eigenvalue weighted by Crippen LogP contribution is 2.20. The largest absolute Gasteiger partial charge is 0.326 e. The van der Waals surface area contributed by atoms with E-state index < -0.39 is 0 Å². The zero-order chi connectivity index (χ0) is 17.8. The fourth-order valence-electron chi connectivity index (χ4n) is 2.36. The Labute approximate surface area is 148 Å². The number of carbonyl (C=O) groups excluding carboxylic acids is 2.